The van der Waals surface area contributed by atoms with E-state index in [2.05, 4.69) is 32.5 Å². The molecule has 122 valence electrons. The SMILES string of the molecule is COc1nc(N2CCN(C(=O)OC(C)(C)C)CC2)ccc1I. The Morgan fingerprint density at radius 1 is 1.23 bits per heavy atom. The summed E-state index contributed by atoms with van der Waals surface area (Å²) in [6, 6.07) is 3.97. The van der Waals surface area contributed by atoms with Crippen LogP contribution in [-0.2, 0) is 4.74 Å². The van der Waals surface area contributed by atoms with Gasteiger partial charge < -0.3 is 19.3 Å². The summed E-state index contributed by atoms with van der Waals surface area (Å²) in [5.74, 6) is 1.51. The lowest BCUT2D eigenvalue weighted by atomic mass is 10.2. The van der Waals surface area contributed by atoms with Gasteiger partial charge in [0.05, 0.1) is 10.7 Å². The third-order valence-electron chi connectivity index (χ3n) is 3.25. The van der Waals surface area contributed by atoms with Gasteiger partial charge >= 0.3 is 6.09 Å². The molecule has 0 spiro atoms. The molecule has 22 heavy (non-hydrogen) atoms. The van der Waals surface area contributed by atoms with E-state index in [0.717, 1.165) is 22.5 Å². The fourth-order valence-electron chi connectivity index (χ4n) is 2.18. The molecule has 1 aliphatic rings. The molecule has 6 nitrogen and oxygen atoms in total. The van der Waals surface area contributed by atoms with Crippen LogP contribution in [-0.4, -0.2) is 54.9 Å². The van der Waals surface area contributed by atoms with Crippen LogP contribution >= 0.6 is 22.6 Å². The predicted octanol–water partition coefficient (Wildman–Crippen LogP) is 2.75. The number of carbonyl (C=O) groups is 1. The highest BCUT2D eigenvalue weighted by Gasteiger charge is 2.26. The van der Waals surface area contributed by atoms with E-state index in [-0.39, 0.29) is 6.09 Å². The van der Waals surface area contributed by atoms with Crippen LogP contribution < -0.4 is 9.64 Å². The molecule has 0 unspecified atom stereocenters. The molecule has 0 aromatic carbocycles. The number of aromatic nitrogens is 1. The minimum atomic E-state index is -0.459. The Kier molecular flexibility index (Phi) is 5.36. The van der Waals surface area contributed by atoms with E-state index in [4.69, 9.17) is 9.47 Å². The highest BCUT2D eigenvalue weighted by atomic mass is 127. The summed E-state index contributed by atoms with van der Waals surface area (Å²) >= 11 is 2.20. The zero-order valence-corrected chi connectivity index (χ0v) is 15.6. The second-order valence-corrected chi connectivity index (χ2v) is 7.28. The first-order chi connectivity index (χ1) is 10.3. The average Bonchev–Trinajstić information content (AvgIpc) is 2.46. The maximum Gasteiger partial charge on any atom is 0.410 e. The van der Waals surface area contributed by atoms with E-state index in [9.17, 15) is 4.79 Å². The second-order valence-electron chi connectivity index (χ2n) is 6.11. The smallest absolute Gasteiger partial charge is 0.410 e. The van der Waals surface area contributed by atoms with Crippen LogP contribution in [0.25, 0.3) is 0 Å². The lowest BCUT2D eigenvalue weighted by molar-refractivity contribution is 0.0240. The molecule has 0 N–H and O–H groups in total. The van der Waals surface area contributed by atoms with Gasteiger partial charge in [0.15, 0.2) is 0 Å². The van der Waals surface area contributed by atoms with Crippen LogP contribution in [0.2, 0.25) is 0 Å². The zero-order valence-electron chi connectivity index (χ0n) is 13.4. The largest absolute Gasteiger partial charge is 0.480 e. The first kappa shape index (κ1) is 17.1. The lowest BCUT2D eigenvalue weighted by Crippen LogP contribution is -2.50. The molecule has 2 heterocycles. The minimum Gasteiger partial charge on any atom is -0.480 e. The highest BCUT2D eigenvalue weighted by molar-refractivity contribution is 14.1. The number of anilines is 1. The summed E-state index contributed by atoms with van der Waals surface area (Å²) < 4.78 is 11.6. The van der Waals surface area contributed by atoms with Crippen molar-refractivity contribution >= 4 is 34.5 Å². The molecule has 0 aliphatic carbocycles. The molecule has 1 aromatic rings. The molecule has 7 heteroatoms. The second kappa shape index (κ2) is 6.89. The van der Waals surface area contributed by atoms with E-state index < -0.39 is 5.60 Å². The van der Waals surface area contributed by atoms with Gasteiger partial charge in [0.2, 0.25) is 5.88 Å². The Bertz CT molecular complexity index is 537. The summed E-state index contributed by atoms with van der Waals surface area (Å²) in [5, 5.41) is 0. The number of piperazine rings is 1. The standard InChI is InChI=1S/C15H22IN3O3/c1-15(2,3)22-14(20)19-9-7-18(8-10-19)12-6-5-11(16)13(17-12)21-4/h5-6H,7-10H2,1-4H3. The quantitative estimate of drug-likeness (QED) is 0.691. The zero-order chi connectivity index (χ0) is 16.3. The number of methoxy groups -OCH3 is 1. The minimum absolute atomic E-state index is 0.250. The van der Waals surface area contributed by atoms with Crippen molar-refractivity contribution in [2.75, 3.05) is 38.2 Å². The summed E-state index contributed by atoms with van der Waals surface area (Å²) in [7, 11) is 1.62. The molecule has 0 atom stereocenters. The van der Waals surface area contributed by atoms with Crippen LogP contribution in [0.5, 0.6) is 5.88 Å². The summed E-state index contributed by atoms with van der Waals surface area (Å²) in [6.07, 6.45) is -0.250. The number of hydrogen-bond acceptors (Lipinski definition) is 5. The predicted molar refractivity (Wildman–Crippen MR) is 93.5 cm³/mol. The lowest BCUT2D eigenvalue weighted by Gasteiger charge is -2.36. The number of hydrogen-bond donors (Lipinski definition) is 0. The van der Waals surface area contributed by atoms with Crippen LogP contribution in [0, 0.1) is 3.57 Å². The summed E-state index contributed by atoms with van der Waals surface area (Å²) in [5.41, 5.74) is -0.459. The molecule has 2 rings (SSSR count). The van der Waals surface area contributed by atoms with Crippen LogP contribution in [0.15, 0.2) is 12.1 Å². The maximum absolute atomic E-state index is 12.1. The molecule has 0 saturated carbocycles. The van der Waals surface area contributed by atoms with Gasteiger partial charge in [-0.3, -0.25) is 0 Å². The number of carbonyl (C=O) groups excluding carboxylic acids is 1. The summed E-state index contributed by atoms with van der Waals surface area (Å²) in [6.45, 7) is 8.36. The number of nitrogens with zero attached hydrogens (tertiary/aromatic N) is 3. The van der Waals surface area contributed by atoms with Gasteiger partial charge in [0, 0.05) is 26.2 Å². The monoisotopic (exact) mass is 419 g/mol. The number of pyridine rings is 1. The van der Waals surface area contributed by atoms with E-state index in [1.165, 1.54) is 0 Å². The van der Waals surface area contributed by atoms with E-state index in [1.54, 1.807) is 12.0 Å². The Morgan fingerprint density at radius 2 is 1.86 bits per heavy atom. The Balaban J connectivity index is 1.96. The van der Waals surface area contributed by atoms with Crippen molar-refractivity contribution in [1.82, 2.24) is 9.88 Å². The topological polar surface area (TPSA) is 54.9 Å². The molecule has 1 amide bonds. The van der Waals surface area contributed by atoms with Crippen molar-refractivity contribution in [2.24, 2.45) is 0 Å². The molecule has 1 fully saturated rings. The number of ether oxygens (including phenoxy) is 2. The number of rotatable bonds is 2. The number of halogens is 1. The summed E-state index contributed by atoms with van der Waals surface area (Å²) in [4.78, 5) is 20.4. The molecule has 1 aromatic heterocycles. The van der Waals surface area contributed by atoms with Gasteiger partial charge in [0.25, 0.3) is 0 Å². The first-order valence-electron chi connectivity index (χ1n) is 7.23. The van der Waals surface area contributed by atoms with Crippen molar-refractivity contribution in [3.63, 3.8) is 0 Å². The van der Waals surface area contributed by atoms with Crippen molar-refractivity contribution in [2.45, 2.75) is 26.4 Å². The normalized spacial score (nSPS) is 15.7. The van der Waals surface area contributed by atoms with Gasteiger partial charge in [-0.15, -0.1) is 0 Å². The fourth-order valence-corrected chi connectivity index (χ4v) is 2.70. The van der Waals surface area contributed by atoms with E-state index in [1.807, 2.05) is 32.9 Å². The van der Waals surface area contributed by atoms with Crippen molar-refractivity contribution in [3.8, 4) is 5.88 Å². The van der Waals surface area contributed by atoms with Crippen molar-refractivity contribution in [1.29, 1.82) is 0 Å². The molecular formula is C15H22IN3O3. The Labute approximate surface area is 144 Å². The molecule has 1 saturated heterocycles. The Morgan fingerprint density at radius 3 is 2.41 bits per heavy atom. The van der Waals surface area contributed by atoms with Gasteiger partial charge in [-0.1, -0.05) is 0 Å². The van der Waals surface area contributed by atoms with Crippen LogP contribution in [0.3, 0.4) is 0 Å². The molecular weight excluding hydrogens is 397 g/mol. The number of amides is 1. The van der Waals surface area contributed by atoms with Gasteiger partial charge in [-0.05, 0) is 55.5 Å². The van der Waals surface area contributed by atoms with Gasteiger partial charge in [-0.2, -0.15) is 4.98 Å². The molecule has 1 aliphatic heterocycles. The van der Waals surface area contributed by atoms with Crippen LogP contribution in [0.4, 0.5) is 10.6 Å². The Hall–Kier alpha value is -1.25. The molecule has 0 radical (unpaired) electrons. The van der Waals surface area contributed by atoms with Gasteiger partial charge in [0.1, 0.15) is 11.4 Å². The van der Waals surface area contributed by atoms with Crippen molar-refractivity contribution < 1.29 is 14.3 Å². The molecule has 0 bridgehead atoms. The van der Waals surface area contributed by atoms with Gasteiger partial charge in [-0.25, -0.2) is 4.79 Å². The maximum atomic E-state index is 12.1. The van der Waals surface area contributed by atoms with Crippen molar-refractivity contribution in [3.05, 3.63) is 15.7 Å². The third-order valence-corrected chi connectivity index (χ3v) is 4.07. The highest BCUT2D eigenvalue weighted by Crippen LogP contribution is 2.23. The first-order valence-corrected chi connectivity index (χ1v) is 8.31. The van der Waals surface area contributed by atoms with Crippen LogP contribution in [0.1, 0.15) is 20.8 Å². The fraction of sp³-hybridized carbons (Fsp3) is 0.600. The van der Waals surface area contributed by atoms with E-state index in [0.29, 0.717) is 19.0 Å². The third kappa shape index (κ3) is 4.37. The van der Waals surface area contributed by atoms with E-state index >= 15 is 0 Å². The average molecular weight is 419 g/mol.